The summed E-state index contributed by atoms with van der Waals surface area (Å²) in [6, 6.07) is 8.28. The van der Waals surface area contributed by atoms with E-state index in [9.17, 15) is 8.42 Å². The summed E-state index contributed by atoms with van der Waals surface area (Å²) in [6.45, 7) is 4.79. The van der Waals surface area contributed by atoms with Crippen LogP contribution in [0, 0.1) is 0 Å². The highest BCUT2D eigenvalue weighted by Crippen LogP contribution is 2.34. The van der Waals surface area contributed by atoms with Crippen LogP contribution in [0.2, 0.25) is 0 Å². The standard InChI is InChI=1S/C14H15ClO4S/c1-3-18-13-8-10-5-6-12(20(15,16)17)7-11(10)9-14(13)19-4-2/h5-9H,3-4H2,1-2H3. The molecule has 0 spiro atoms. The van der Waals surface area contributed by atoms with E-state index in [1.807, 2.05) is 19.9 Å². The summed E-state index contributed by atoms with van der Waals surface area (Å²) < 4.78 is 33.8. The zero-order valence-corrected chi connectivity index (χ0v) is 12.8. The van der Waals surface area contributed by atoms with Crippen LogP contribution in [-0.4, -0.2) is 21.6 Å². The Hall–Kier alpha value is -1.46. The molecule has 0 aliphatic heterocycles. The summed E-state index contributed by atoms with van der Waals surface area (Å²) in [5.74, 6) is 1.23. The van der Waals surface area contributed by atoms with E-state index >= 15 is 0 Å². The van der Waals surface area contributed by atoms with E-state index in [0.717, 1.165) is 10.8 Å². The lowest BCUT2D eigenvalue weighted by molar-refractivity contribution is 0.288. The number of rotatable bonds is 5. The Morgan fingerprint density at radius 1 is 0.950 bits per heavy atom. The van der Waals surface area contributed by atoms with Gasteiger partial charge in [0.15, 0.2) is 11.5 Å². The molecule has 0 unspecified atom stereocenters. The van der Waals surface area contributed by atoms with E-state index < -0.39 is 9.05 Å². The largest absolute Gasteiger partial charge is 0.490 e. The van der Waals surface area contributed by atoms with Crippen LogP contribution in [0.3, 0.4) is 0 Å². The summed E-state index contributed by atoms with van der Waals surface area (Å²) >= 11 is 0. The molecular weight excluding hydrogens is 300 g/mol. The van der Waals surface area contributed by atoms with Crippen molar-refractivity contribution in [2.45, 2.75) is 18.7 Å². The van der Waals surface area contributed by atoms with E-state index in [1.165, 1.54) is 12.1 Å². The predicted octanol–water partition coefficient (Wildman–Crippen LogP) is 3.56. The Morgan fingerprint density at radius 2 is 1.50 bits per heavy atom. The van der Waals surface area contributed by atoms with Crippen molar-refractivity contribution in [3.05, 3.63) is 30.3 Å². The summed E-state index contributed by atoms with van der Waals surface area (Å²) in [5, 5.41) is 1.60. The molecule has 0 radical (unpaired) electrons. The SMILES string of the molecule is CCOc1cc2ccc(S(=O)(=O)Cl)cc2cc1OCC. The van der Waals surface area contributed by atoms with Crippen LogP contribution in [-0.2, 0) is 9.05 Å². The van der Waals surface area contributed by atoms with Gasteiger partial charge in [0.2, 0.25) is 0 Å². The second kappa shape index (κ2) is 5.89. The van der Waals surface area contributed by atoms with Gasteiger partial charge in [0.1, 0.15) is 0 Å². The minimum atomic E-state index is -3.74. The molecule has 0 aromatic heterocycles. The third kappa shape index (κ3) is 3.16. The summed E-state index contributed by atoms with van der Waals surface area (Å²) in [5.41, 5.74) is 0. The van der Waals surface area contributed by atoms with E-state index in [0.29, 0.717) is 24.7 Å². The van der Waals surface area contributed by atoms with Crippen LogP contribution in [0.5, 0.6) is 11.5 Å². The van der Waals surface area contributed by atoms with Crippen molar-refractivity contribution in [1.29, 1.82) is 0 Å². The fourth-order valence-corrected chi connectivity index (χ4v) is 2.71. The van der Waals surface area contributed by atoms with Crippen LogP contribution in [0.1, 0.15) is 13.8 Å². The molecule has 0 aliphatic carbocycles. The highest BCUT2D eigenvalue weighted by atomic mass is 35.7. The Morgan fingerprint density at radius 3 is 2.00 bits per heavy atom. The number of ether oxygens (including phenoxy) is 2. The minimum absolute atomic E-state index is 0.0678. The molecule has 0 saturated carbocycles. The molecule has 2 rings (SSSR count). The molecule has 2 aromatic rings. The molecule has 0 bridgehead atoms. The molecule has 0 aliphatic rings. The van der Waals surface area contributed by atoms with Gasteiger partial charge < -0.3 is 9.47 Å². The summed E-state index contributed by atoms with van der Waals surface area (Å²) in [6.07, 6.45) is 0. The fraction of sp³-hybridized carbons (Fsp3) is 0.286. The highest BCUT2D eigenvalue weighted by molar-refractivity contribution is 8.13. The predicted molar refractivity (Wildman–Crippen MR) is 79.3 cm³/mol. The number of fused-ring (bicyclic) bond motifs is 1. The van der Waals surface area contributed by atoms with Crippen LogP contribution in [0.4, 0.5) is 0 Å². The van der Waals surface area contributed by atoms with E-state index in [2.05, 4.69) is 0 Å². The molecule has 108 valence electrons. The minimum Gasteiger partial charge on any atom is -0.490 e. The molecule has 0 saturated heterocycles. The number of halogens is 1. The molecule has 20 heavy (non-hydrogen) atoms. The highest BCUT2D eigenvalue weighted by Gasteiger charge is 2.13. The Kier molecular flexibility index (Phi) is 4.40. The Bertz CT molecular complexity index is 725. The van der Waals surface area contributed by atoms with Crippen molar-refractivity contribution in [1.82, 2.24) is 0 Å². The zero-order valence-electron chi connectivity index (χ0n) is 11.2. The maximum Gasteiger partial charge on any atom is 0.261 e. The van der Waals surface area contributed by atoms with Gasteiger partial charge in [0.05, 0.1) is 18.1 Å². The van der Waals surface area contributed by atoms with Crippen molar-refractivity contribution < 1.29 is 17.9 Å². The summed E-state index contributed by atoms with van der Waals surface area (Å²) in [4.78, 5) is 0.0678. The van der Waals surface area contributed by atoms with Gasteiger partial charge in [-0.3, -0.25) is 0 Å². The van der Waals surface area contributed by atoms with Gasteiger partial charge in [-0.15, -0.1) is 0 Å². The summed E-state index contributed by atoms with van der Waals surface area (Å²) in [7, 11) is 1.62. The first-order chi connectivity index (χ1) is 9.45. The van der Waals surface area contributed by atoms with Gasteiger partial charge in [-0.1, -0.05) is 6.07 Å². The monoisotopic (exact) mass is 314 g/mol. The van der Waals surface area contributed by atoms with Gasteiger partial charge in [0.25, 0.3) is 9.05 Å². The van der Waals surface area contributed by atoms with Gasteiger partial charge in [0, 0.05) is 10.7 Å². The van der Waals surface area contributed by atoms with Crippen LogP contribution >= 0.6 is 10.7 Å². The molecule has 0 heterocycles. The maximum atomic E-state index is 11.4. The van der Waals surface area contributed by atoms with Crippen molar-refractivity contribution in [2.24, 2.45) is 0 Å². The van der Waals surface area contributed by atoms with Crippen LogP contribution < -0.4 is 9.47 Å². The smallest absolute Gasteiger partial charge is 0.261 e. The number of benzene rings is 2. The zero-order chi connectivity index (χ0) is 14.8. The van der Waals surface area contributed by atoms with Crippen molar-refractivity contribution in [2.75, 3.05) is 13.2 Å². The average molecular weight is 315 g/mol. The molecule has 6 heteroatoms. The third-order valence-corrected chi connectivity index (χ3v) is 4.11. The van der Waals surface area contributed by atoms with Gasteiger partial charge in [-0.05, 0) is 48.9 Å². The lowest BCUT2D eigenvalue weighted by Gasteiger charge is -2.12. The van der Waals surface area contributed by atoms with Crippen molar-refractivity contribution in [3.63, 3.8) is 0 Å². The quantitative estimate of drug-likeness (QED) is 0.792. The van der Waals surface area contributed by atoms with Crippen LogP contribution in [0.15, 0.2) is 35.2 Å². The first-order valence-electron chi connectivity index (χ1n) is 6.23. The number of hydrogen-bond donors (Lipinski definition) is 0. The lowest BCUT2D eigenvalue weighted by Crippen LogP contribution is -1.98. The van der Waals surface area contributed by atoms with E-state index in [4.69, 9.17) is 20.2 Å². The maximum absolute atomic E-state index is 11.4. The molecule has 0 N–H and O–H groups in total. The first-order valence-corrected chi connectivity index (χ1v) is 8.54. The van der Waals surface area contributed by atoms with Gasteiger partial charge >= 0.3 is 0 Å². The van der Waals surface area contributed by atoms with Gasteiger partial charge in [-0.2, -0.15) is 0 Å². The first kappa shape index (κ1) is 14.9. The average Bonchev–Trinajstić information content (AvgIpc) is 2.38. The second-order valence-corrected chi connectivity index (χ2v) is 6.68. The fourth-order valence-electron chi connectivity index (χ4n) is 1.92. The molecule has 0 atom stereocenters. The second-order valence-electron chi connectivity index (χ2n) is 4.11. The Labute approximate surface area is 122 Å². The molecular formula is C14H15ClO4S. The van der Waals surface area contributed by atoms with Crippen molar-refractivity contribution >= 4 is 30.5 Å². The van der Waals surface area contributed by atoms with Crippen molar-refractivity contribution in [3.8, 4) is 11.5 Å². The van der Waals surface area contributed by atoms with E-state index in [1.54, 1.807) is 12.1 Å². The molecule has 0 amide bonds. The topological polar surface area (TPSA) is 52.6 Å². The van der Waals surface area contributed by atoms with E-state index in [-0.39, 0.29) is 4.90 Å². The van der Waals surface area contributed by atoms with Crippen LogP contribution in [0.25, 0.3) is 10.8 Å². The third-order valence-electron chi connectivity index (χ3n) is 2.76. The number of hydrogen-bond acceptors (Lipinski definition) is 4. The molecule has 4 nitrogen and oxygen atoms in total. The lowest BCUT2D eigenvalue weighted by atomic mass is 10.1. The molecule has 0 fully saturated rings. The van der Waals surface area contributed by atoms with Gasteiger partial charge in [-0.25, -0.2) is 8.42 Å². The Balaban J connectivity index is 2.61. The normalized spacial score (nSPS) is 11.6. The molecule has 2 aromatic carbocycles.